The van der Waals surface area contributed by atoms with Crippen molar-refractivity contribution < 1.29 is 9.47 Å². The van der Waals surface area contributed by atoms with Crippen LogP contribution in [0.2, 0.25) is 0 Å². The van der Waals surface area contributed by atoms with E-state index in [4.69, 9.17) is 9.47 Å². The maximum absolute atomic E-state index is 5.17. The molecule has 0 bridgehead atoms. The molecule has 0 atom stereocenters. The minimum atomic E-state index is 0.503. The van der Waals surface area contributed by atoms with E-state index < -0.39 is 0 Å². The first-order chi connectivity index (χ1) is 9.22. The molecule has 1 heterocycles. The number of hydrogen-bond donors (Lipinski definition) is 1. The van der Waals surface area contributed by atoms with Gasteiger partial charge in [0.25, 0.3) is 0 Å². The molecule has 0 spiro atoms. The molecule has 0 aliphatic heterocycles. The Hall–Kier alpha value is -1.82. The van der Waals surface area contributed by atoms with Crippen molar-refractivity contribution in [1.29, 1.82) is 0 Å². The number of ether oxygens (including phenoxy) is 2. The van der Waals surface area contributed by atoms with Crippen LogP contribution in [-0.2, 0) is 6.54 Å². The van der Waals surface area contributed by atoms with Gasteiger partial charge in [0.1, 0.15) is 5.75 Å². The highest BCUT2D eigenvalue weighted by Crippen LogP contribution is 2.22. The van der Waals surface area contributed by atoms with E-state index in [9.17, 15) is 0 Å². The summed E-state index contributed by atoms with van der Waals surface area (Å²) in [7, 11) is 3.22. The Morgan fingerprint density at radius 1 is 1.26 bits per heavy atom. The second-order valence-electron chi connectivity index (χ2n) is 3.76. The summed E-state index contributed by atoms with van der Waals surface area (Å²) >= 11 is 3.31. The van der Waals surface area contributed by atoms with Gasteiger partial charge in [-0.2, -0.15) is 4.98 Å². The number of benzene rings is 1. The molecule has 1 aromatic carbocycles. The first kappa shape index (κ1) is 13.6. The van der Waals surface area contributed by atoms with Crippen LogP contribution in [0.15, 0.2) is 34.9 Å². The van der Waals surface area contributed by atoms with Gasteiger partial charge in [0.15, 0.2) is 0 Å². The maximum atomic E-state index is 5.17. The number of anilines is 1. The Labute approximate surface area is 120 Å². The van der Waals surface area contributed by atoms with Gasteiger partial charge in [-0.05, 0) is 33.6 Å². The summed E-state index contributed by atoms with van der Waals surface area (Å²) in [6.07, 6.45) is 1.65. The summed E-state index contributed by atoms with van der Waals surface area (Å²) in [5.41, 5.74) is 1.09. The summed E-state index contributed by atoms with van der Waals surface area (Å²) in [4.78, 5) is 8.39. The van der Waals surface area contributed by atoms with E-state index in [1.165, 1.54) is 0 Å². The minimum Gasteiger partial charge on any atom is -0.497 e. The van der Waals surface area contributed by atoms with Gasteiger partial charge >= 0.3 is 0 Å². The lowest BCUT2D eigenvalue weighted by Gasteiger charge is -2.08. The third kappa shape index (κ3) is 3.57. The van der Waals surface area contributed by atoms with Gasteiger partial charge < -0.3 is 14.8 Å². The summed E-state index contributed by atoms with van der Waals surface area (Å²) in [6, 6.07) is 7.82. The molecule has 6 heteroatoms. The molecule has 0 saturated carbocycles. The van der Waals surface area contributed by atoms with Crippen LogP contribution < -0.4 is 14.8 Å². The summed E-state index contributed by atoms with van der Waals surface area (Å²) < 4.78 is 11.0. The lowest BCUT2D eigenvalue weighted by molar-refractivity contribution is 0.394. The Bertz CT molecular complexity index is 563. The second-order valence-corrected chi connectivity index (χ2v) is 4.61. The van der Waals surface area contributed by atoms with E-state index in [0.717, 1.165) is 15.8 Å². The average molecular weight is 324 g/mol. The molecule has 0 radical (unpaired) electrons. The lowest BCUT2D eigenvalue weighted by Crippen LogP contribution is -2.04. The minimum absolute atomic E-state index is 0.503. The number of nitrogens with one attached hydrogen (secondary N) is 1. The van der Waals surface area contributed by atoms with Crippen molar-refractivity contribution in [3.8, 4) is 11.6 Å². The highest BCUT2D eigenvalue weighted by Gasteiger charge is 2.04. The average Bonchev–Trinajstić information content (AvgIpc) is 2.46. The lowest BCUT2D eigenvalue weighted by atomic mass is 10.2. The van der Waals surface area contributed by atoms with Crippen molar-refractivity contribution in [3.05, 3.63) is 40.5 Å². The number of methoxy groups -OCH3 is 2. The van der Waals surface area contributed by atoms with E-state index in [0.29, 0.717) is 18.4 Å². The fourth-order valence-corrected chi connectivity index (χ4v) is 1.90. The maximum Gasteiger partial charge on any atom is 0.232 e. The number of aromatic nitrogens is 2. The van der Waals surface area contributed by atoms with E-state index in [-0.39, 0.29) is 0 Å². The third-order valence-electron chi connectivity index (χ3n) is 2.49. The highest BCUT2D eigenvalue weighted by molar-refractivity contribution is 9.10. The SMILES string of the molecule is COc1cccc(CNc2ncc(Br)c(OC)n2)c1. The van der Waals surface area contributed by atoms with Crippen LogP contribution in [0, 0.1) is 0 Å². The van der Waals surface area contributed by atoms with Crippen LogP contribution in [0.4, 0.5) is 5.95 Å². The zero-order valence-electron chi connectivity index (χ0n) is 10.7. The molecule has 0 amide bonds. The van der Waals surface area contributed by atoms with Crippen molar-refractivity contribution in [2.45, 2.75) is 6.54 Å². The van der Waals surface area contributed by atoms with E-state index in [1.807, 2.05) is 24.3 Å². The van der Waals surface area contributed by atoms with Crippen LogP contribution in [0.1, 0.15) is 5.56 Å². The third-order valence-corrected chi connectivity index (χ3v) is 3.03. The number of nitrogens with zero attached hydrogens (tertiary/aromatic N) is 2. The monoisotopic (exact) mass is 323 g/mol. The zero-order chi connectivity index (χ0) is 13.7. The van der Waals surface area contributed by atoms with Gasteiger partial charge in [-0.3, -0.25) is 0 Å². The molecule has 0 unspecified atom stereocenters. The second kappa shape index (κ2) is 6.38. The Balaban J connectivity index is 2.05. The van der Waals surface area contributed by atoms with Gasteiger partial charge in [0.2, 0.25) is 11.8 Å². The molecule has 0 fully saturated rings. The molecule has 0 aliphatic carbocycles. The van der Waals surface area contributed by atoms with Crippen LogP contribution in [0.25, 0.3) is 0 Å². The van der Waals surface area contributed by atoms with Gasteiger partial charge in [-0.25, -0.2) is 4.98 Å². The van der Waals surface area contributed by atoms with Crippen LogP contribution in [0.5, 0.6) is 11.6 Å². The van der Waals surface area contributed by atoms with Gasteiger partial charge in [0, 0.05) is 6.54 Å². The molecule has 0 aliphatic rings. The van der Waals surface area contributed by atoms with Crippen molar-refractivity contribution >= 4 is 21.9 Å². The molecule has 2 aromatic rings. The molecule has 5 nitrogen and oxygen atoms in total. The Morgan fingerprint density at radius 2 is 2.11 bits per heavy atom. The molecule has 100 valence electrons. The van der Waals surface area contributed by atoms with Crippen molar-refractivity contribution in [2.75, 3.05) is 19.5 Å². The quantitative estimate of drug-likeness (QED) is 0.916. The van der Waals surface area contributed by atoms with Gasteiger partial charge in [-0.1, -0.05) is 12.1 Å². The Kier molecular flexibility index (Phi) is 4.57. The van der Waals surface area contributed by atoms with Gasteiger partial charge in [0.05, 0.1) is 24.9 Å². The summed E-state index contributed by atoms with van der Waals surface area (Å²) in [6.45, 7) is 0.613. The fraction of sp³-hybridized carbons (Fsp3) is 0.231. The standard InChI is InChI=1S/C13H14BrN3O2/c1-18-10-5-3-4-9(6-10)7-15-13-16-8-11(14)12(17-13)19-2/h3-6,8H,7H2,1-2H3,(H,15,16,17). The zero-order valence-corrected chi connectivity index (χ0v) is 12.3. The molecular formula is C13H14BrN3O2. The molecule has 0 saturated heterocycles. The first-order valence-electron chi connectivity index (χ1n) is 5.66. The summed E-state index contributed by atoms with van der Waals surface area (Å²) in [5.74, 6) is 1.85. The van der Waals surface area contributed by atoms with Crippen molar-refractivity contribution in [3.63, 3.8) is 0 Å². The van der Waals surface area contributed by atoms with E-state index in [2.05, 4.69) is 31.2 Å². The Morgan fingerprint density at radius 3 is 2.84 bits per heavy atom. The van der Waals surface area contributed by atoms with Crippen molar-refractivity contribution in [1.82, 2.24) is 9.97 Å². The highest BCUT2D eigenvalue weighted by atomic mass is 79.9. The molecule has 19 heavy (non-hydrogen) atoms. The molecular weight excluding hydrogens is 310 g/mol. The fourth-order valence-electron chi connectivity index (χ4n) is 1.54. The predicted molar refractivity (Wildman–Crippen MR) is 76.6 cm³/mol. The van der Waals surface area contributed by atoms with Crippen LogP contribution in [-0.4, -0.2) is 24.2 Å². The smallest absolute Gasteiger partial charge is 0.232 e. The number of halogens is 1. The number of rotatable bonds is 5. The van der Waals surface area contributed by atoms with Gasteiger partial charge in [-0.15, -0.1) is 0 Å². The molecule has 1 aromatic heterocycles. The van der Waals surface area contributed by atoms with Crippen molar-refractivity contribution in [2.24, 2.45) is 0 Å². The largest absolute Gasteiger partial charge is 0.497 e. The topological polar surface area (TPSA) is 56.3 Å². The van der Waals surface area contributed by atoms with Crippen LogP contribution in [0.3, 0.4) is 0 Å². The summed E-state index contributed by atoms with van der Waals surface area (Å²) in [5, 5.41) is 3.14. The number of hydrogen-bond acceptors (Lipinski definition) is 5. The predicted octanol–water partition coefficient (Wildman–Crippen LogP) is 2.87. The normalized spacial score (nSPS) is 10.1. The first-order valence-corrected chi connectivity index (χ1v) is 6.45. The van der Waals surface area contributed by atoms with E-state index >= 15 is 0 Å². The molecule has 2 rings (SSSR count). The van der Waals surface area contributed by atoms with E-state index in [1.54, 1.807) is 20.4 Å². The van der Waals surface area contributed by atoms with Crippen LogP contribution >= 0.6 is 15.9 Å². The molecule has 1 N–H and O–H groups in total.